The molecule has 7 heterocycles. The van der Waals surface area contributed by atoms with Crippen LogP contribution in [0, 0.1) is 5.41 Å². The summed E-state index contributed by atoms with van der Waals surface area (Å²) in [5.74, 6) is 1.14. The number of nitrogens with one attached hydrogen (secondary N) is 2. The van der Waals surface area contributed by atoms with E-state index in [1.807, 2.05) is 36.4 Å². The van der Waals surface area contributed by atoms with Crippen molar-refractivity contribution in [1.82, 2.24) is 29.4 Å². The van der Waals surface area contributed by atoms with Gasteiger partial charge < -0.3 is 44.6 Å². The number of phosphoric acid groups is 1. The van der Waals surface area contributed by atoms with E-state index in [9.17, 15) is 29.0 Å². The second-order valence-corrected chi connectivity index (χ2v) is 21.0. The lowest BCUT2D eigenvalue weighted by atomic mass is 9.90. The quantitative estimate of drug-likeness (QED) is 0.0599. The molecule has 2 saturated heterocycles. The van der Waals surface area contributed by atoms with Crippen LogP contribution in [0.25, 0.3) is 11.3 Å². The van der Waals surface area contributed by atoms with Crippen LogP contribution in [0.15, 0.2) is 73.6 Å². The summed E-state index contributed by atoms with van der Waals surface area (Å²) in [6, 6.07) is 15.4. The average Bonchev–Trinajstić information content (AvgIpc) is 3.82. The molecule has 1 aromatic carbocycles. The van der Waals surface area contributed by atoms with E-state index in [2.05, 4.69) is 67.2 Å². The number of amides is 2. The van der Waals surface area contributed by atoms with Crippen LogP contribution in [0.5, 0.6) is 5.88 Å². The van der Waals surface area contributed by atoms with Crippen LogP contribution in [-0.4, -0.2) is 115 Å². The third-order valence-electron chi connectivity index (χ3n) is 14.0. The number of piperazine rings is 1. The van der Waals surface area contributed by atoms with Gasteiger partial charge in [-0.3, -0.25) is 23.9 Å². The Bertz CT molecular complexity index is 2870. The maximum atomic E-state index is 14.1. The number of benzene rings is 1. The van der Waals surface area contributed by atoms with Crippen LogP contribution in [0.4, 0.5) is 34.5 Å². The molecule has 5 N–H and O–H groups in total. The lowest BCUT2D eigenvalue weighted by molar-refractivity contribution is -0.111. The van der Waals surface area contributed by atoms with Crippen LogP contribution in [0.3, 0.4) is 0 Å². The van der Waals surface area contributed by atoms with Gasteiger partial charge in [0.1, 0.15) is 22.9 Å². The first-order chi connectivity index (χ1) is 33.3. The van der Waals surface area contributed by atoms with Crippen molar-refractivity contribution in [1.29, 1.82) is 0 Å². The minimum absolute atomic E-state index is 0.104. The number of piperidine rings is 1. The number of anilines is 6. The molecule has 1 atom stereocenters. The zero-order valence-corrected chi connectivity index (χ0v) is 41.4. The minimum atomic E-state index is -4.72. The fourth-order valence-electron chi connectivity index (χ4n) is 10.7. The Morgan fingerprint density at radius 3 is 2.51 bits per heavy atom. The van der Waals surface area contributed by atoms with Crippen molar-refractivity contribution in [2.45, 2.75) is 91.1 Å². The number of hydrogen-bond acceptors (Lipinski definition) is 14. The second kappa shape index (κ2) is 19.2. The number of hydrogen-bond donors (Lipinski definition) is 5. The van der Waals surface area contributed by atoms with E-state index in [1.54, 1.807) is 43.3 Å². The van der Waals surface area contributed by atoms with Crippen LogP contribution < -0.4 is 30.1 Å². The number of aliphatic hydroxyl groups is 1. The topological polar surface area (TPSA) is 224 Å². The molecule has 4 aliphatic rings. The Morgan fingerprint density at radius 2 is 1.80 bits per heavy atom. The van der Waals surface area contributed by atoms with Gasteiger partial charge in [-0.25, -0.2) is 24.5 Å². The molecule has 2 fully saturated rings. The molecule has 70 heavy (non-hydrogen) atoms. The molecule has 3 aliphatic heterocycles. The highest BCUT2D eigenvalue weighted by atomic mass is 31.2. The molecule has 5 aromatic rings. The molecule has 0 spiro atoms. The number of ether oxygens (including phenoxy) is 1. The summed E-state index contributed by atoms with van der Waals surface area (Å²) >= 11 is 0. The monoisotopic (exact) mass is 975 g/mol. The van der Waals surface area contributed by atoms with Gasteiger partial charge in [-0.05, 0) is 106 Å². The predicted molar refractivity (Wildman–Crippen MR) is 268 cm³/mol. The minimum Gasteiger partial charge on any atom is -0.478 e. The van der Waals surface area contributed by atoms with E-state index >= 15 is 0 Å². The van der Waals surface area contributed by atoms with E-state index in [4.69, 9.17) is 19.2 Å². The van der Waals surface area contributed by atoms with Crippen molar-refractivity contribution in [3.05, 3.63) is 102 Å². The van der Waals surface area contributed by atoms with Crippen molar-refractivity contribution in [3.63, 3.8) is 0 Å². The molecule has 4 aromatic heterocycles. The molecule has 0 saturated carbocycles. The molecule has 0 radical (unpaired) electrons. The number of nitrogens with zero attached hydrogens (tertiary/aromatic N) is 9. The second-order valence-electron chi connectivity index (χ2n) is 19.8. The van der Waals surface area contributed by atoms with Gasteiger partial charge in [-0.15, -0.1) is 0 Å². The summed E-state index contributed by atoms with van der Waals surface area (Å²) in [4.78, 5) is 73.4. The van der Waals surface area contributed by atoms with E-state index in [0.717, 1.165) is 69.9 Å². The Kier molecular flexibility index (Phi) is 13.4. The molecule has 370 valence electrons. The first-order valence-electron chi connectivity index (χ1n) is 23.7. The summed E-state index contributed by atoms with van der Waals surface area (Å²) in [5, 5.41) is 17.2. The fraction of sp³-hybridized carbons (Fsp3) is 0.440. The van der Waals surface area contributed by atoms with Gasteiger partial charge in [-0.1, -0.05) is 26.5 Å². The highest BCUT2D eigenvalue weighted by molar-refractivity contribution is 7.46. The van der Waals surface area contributed by atoms with E-state index in [1.165, 1.54) is 24.4 Å². The molecule has 9 rings (SSSR count). The molecular weight excluding hydrogens is 914 g/mol. The summed E-state index contributed by atoms with van der Waals surface area (Å²) in [7, 11) is -3.22. The normalized spacial score (nSPS) is 18.7. The molecule has 0 bridgehead atoms. The number of rotatable bonds is 14. The van der Waals surface area contributed by atoms with Crippen molar-refractivity contribution < 1.29 is 38.3 Å². The number of aromatic nitrogens is 5. The van der Waals surface area contributed by atoms with Crippen molar-refractivity contribution >= 4 is 54.2 Å². The fourth-order valence-corrected chi connectivity index (χ4v) is 11.3. The molecular formula is C50H62N11O8P. The largest absolute Gasteiger partial charge is 0.478 e. The van der Waals surface area contributed by atoms with Gasteiger partial charge in [0.25, 0.3) is 11.8 Å². The van der Waals surface area contributed by atoms with Gasteiger partial charge in [0, 0.05) is 86.6 Å². The first-order valence-corrected chi connectivity index (χ1v) is 25.3. The molecule has 2 amide bonds. The molecule has 1 aliphatic carbocycles. The number of fused-ring (bicyclic) bond motifs is 3. The summed E-state index contributed by atoms with van der Waals surface area (Å²) in [6.07, 6.45) is 8.11. The summed E-state index contributed by atoms with van der Waals surface area (Å²) in [6.45, 7) is 18.1. The predicted octanol–water partition coefficient (Wildman–Crippen LogP) is 6.41. The van der Waals surface area contributed by atoms with E-state index in [-0.39, 0.29) is 35.8 Å². The van der Waals surface area contributed by atoms with Crippen molar-refractivity contribution in [2.24, 2.45) is 5.41 Å². The van der Waals surface area contributed by atoms with Gasteiger partial charge >= 0.3 is 7.82 Å². The van der Waals surface area contributed by atoms with Crippen LogP contribution in [0.1, 0.15) is 80.5 Å². The maximum absolute atomic E-state index is 14.1. The summed E-state index contributed by atoms with van der Waals surface area (Å²) in [5.41, 5.74) is 5.93. The Morgan fingerprint density at radius 1 is 1.01 bits per heavy atom. The highest BCUT2D eigenvalue weighted by Crippen LogP contribution is 2.45. The maximum Gasteiger partial charge on any atom is 0.470 e. The Labute approximate surface area is 407 Å². The SMILES string of the molecule is C=CC(=O)Nc1cc(Nc2nc(-c3ccnc(N4CCn5c(cc6c5CC(C)(C)C6)C4=O)c3CO)cnc2OC)ccc1N1CCN(C2CCN(c3cccc(C(C)(C)OP(=O)(O)O)n3)CC2)C[C@@H]1C. The first kappa shape index (κ1) is 48.8. The number of phosphoric ester groups is 1. The van der Waals surface area contributed by atoms with Gasteiger partial charge in [0.15, 0.2) is 5.82 Å². The molecule has 19 nitrogen and oxygen atoms in total. The van der Waals surface area contributed by atoms with Crippen LogP contribution >= 0.6 is 7.82 Å². The van der Waals surface area contributed by atoms with E-state index < -0.39 is 13.4 Å². The molecule has 20 heteroatoms. The number of pyridine rings is 2. The lowest BCUT2D eigenvalue weighted by Gasteiger charge is -2.47. The van der Waals surface area contributed by atoms with Crippen LogP contribution in [-0.2, 0) is 45.5 Å². The smallest absolute Gasteiger partial charge is 0.470 e. The average molecular weight is 976 g/mol. The lowest BCUT2D eigenvalue weighted by Crippen LogP contribution is -2.57. The number of aliphatic hydroxyl groups excluding tert-OH is 1. The summed E-state index contributed by atoms with van der Waals surface area (Å²) < 4.78 is 24.5. The number of carbonyl (C=O) groups is 2. The zero-order valence-electron chi connectivity index (χ0n) is 40.6. The van der Waals surface area contributed by atoms with Gasteiger partial charge in [-0.2, -0.15) is 0 Å². The van der Waals surface area contributed by atoms with Crippen molar-refractivity contribution in [3.8, 4) is 17.1 Å². The van der Waals surface area contributed by atoms with Gasteiger partial charge in [0.2, 0.25) is 5.91 Å². The number of methoxy groups -OCH3 is 1. The Balaban J connectivity index is 0.896. The van der Waals surface area contributed by atoms with Crippen LogP contribution in [0.2, 0.25) is 0 Å². The van der Waals surface area contributed by atoms with Crippen molar-refractivity contribution in [2.75, 3.05) is 71.7 Å². The highest BCUT2D eigenvalue weighted by Gasteiger charge is 2.39. The third-order valence-corrected chi connectivity index (χ3v) is 14.6. The van der Waals surface area contributed by atoms with Gasteiger partial charge in [0.05, 0.1) is 42.7 Å². The zero-order chi connectivity index (χ0) is 49.7. The standard InChI is InChI=1S/C50H62N11O8P/c1-8-44(63)54-37-25-33(12-13-39(37)59-21-20-58(29-31(59)2)34-15-18-57(19-16-34)43-11-9-10-42(56-43)50(5,6)69-70(65,66)67)53-45-47(68-7)52-28-38(55-45)35-14-17-51-46(36(35)30-62)61-23-22-60-40(48(61)64)24-32-26-49(3,4)27-41(32)60/h8-14,17,24-25,28,31,34,62H,1,15-16,18-23,26-27,29-30H2,2-7H3,(H,53,55)(H,54,63)(H2,65,66,67)/t31-/m0/s1. The Hall–Kier alpha value is -6.21. The van der Waals surface area contributed by atoms with E-state index in [0.29, 0.717) is 70.4 Å². The third kappa shape index (κ3) is 9.91. The molecule has 0 unspecified atom stereocenters. The number of carbonyl (C=O) groups excluding carboxylic acids is 2.